The summed E-state index contributed by atoms with van der Waals surface area (Å²) in [7, 11) is 1.37. The Labute approximate surface area is 138 Å². The Kier molecular flexibility index (Phi) is 4.66. The molecule has 1 aromatic carbocycles. The highest BCUT2D eigenvalue weighted by molar-refractivity contribution is 8.00. The number of H-pyrrole nitrogens is 1. The molecule has 120 valence electrons. The largest absolute Gasteiger partial charge is 0.468 e. The molecule has 1 aliphatic heterocycles. The van der Waals surface area contributed by atoms with E-state index in [4.69, 9.17) is 4.74 Å². The number of aromatic amines is 1. The predicted molar refractivity (Wildman–Crippen MR) is 88.2 cm³/mol. The molecule has 0 aliphatic carbocycles. The summed E-state index contributed by atoms with van der Waals surface area (Å²) in [6, 6.07) is 11.4. The van der Waals surface area contributed by atoms with Gasteiger partial charge >= 0.3 is 5.97 Å². The van der Waals surface area contributed by atoms with Gasteiger partial charge in [-0.3, -0.25) is 14.7 Å². The molecule has 1 atom stereocenters. The molecule has 0 bridgehead atoms. The van der Waals surface area contributed by atoms with E-state index in [9.17, 15) is 9.59 Å². The fourth-order valence-corrected chi connectivity index (χ4v) is 3.59. The lowest BCUT2D eigenvalue weighted by molar-refractivity contribution is -0.140. The van der Waals surface area contributed by atoms with E-state index >= 15 is 0 Å². The fraction of sp³-hybridized carbons (Fsp3) is 0.312. The minimum absolute atomic E-state index is 0.145. The number of esters is 1. The molecule has 6 nitrogen and oxygen atoms in total. The maximum absolute atomic E-state index is 12.6. The number of nitrogens with zero attached hydrogens (tertiary/aromatic N) is 2. The summed E-state index contributed by atoms with van der Waals surface area (Å²) in [6.07, 6.45) is 0. The molecule has 0 unspecified atom stereocenters. The van der Waals surface area contributed by atoms with Crippen LogP contribution in [0.1, 0.15) is 10.5 Å². The van der Waals surface area contributed by atoms with Crippen molar-refractivity contribution in [2.45, 2.75) is 5.25 Å². The quantitative estimate of drug-likeness (QED) is 0.868. The van der Waals surface area contributed by atoms with Crippen molar-refractivity contribution in [1.82, 2.24) is 15.1 Å². The minimum atomic E-state index is -0.325. The van der Waals surface area contributed by atoms with Crippen LogP contribution in [0.25, 0.3) is 11.3 Å². The number of rotatable bonds is 3. The van der Waals surface area contributed by atoms with Crippen LogP contribution < -0.4 is 0 Å². The van der Waals surface area contributed by atoms with Gasteiger partial charge in [0.05, 0.1) is 12.8 Å². The predicted octanol–water partition coefficient (Wildman–Crippen LogP) is 1.81. The number of ether oxygens (including phenoxy) is 1. The Hall–Kier alpha value is -2.28. The Morgan fingerprint density at radius 1 is 1.35 bits per heavy atom. The molecular formula is C16H17N3O3S. The van der Waals surface area contributed by atoms with E-state index in [-0.39, 0.29) is 17.1 Å². The van der Waals surface area contributed by atoms with Gasteiger partial charge in [0, 0.05) is 24.4 Å². The van der Waals surface area contributed by atoms with Crippen LogP contribution in [0.3, 0.4) is 0 Å². The van der Waals surface area contributed by atoms with Crippen LogP contribution in [0.15, 0.2) is 36.4 Å². The molecule has 2 heterocycles. The molecule has 3 rings (SSSR count). The Balaban J connectivity index is 1.73. The van der Waals surface area contributed by atoms with E-state index in [1.54, 1.807) is 11.0 Å². The SMILES string of the molecule is COC(=O)[C@H]1CN(C(=O)c2cc(-c3ccccc3)n[nH]2)CCS1. The Morgan fingerprint density at radius 3 is 2.87 bits per heavy atom. The Bertz CT molecular complexity index is 702. The lowest BCUT2D eigenvalue weighted by atomic mass is 10.1. The summed E-state index contributed by atoms with van der Waals surface area (Å²) in [5.74, 6) is 0.279. The van der Waals surface area contributed by atoms with Crippen molar-refractivity contribution >= 4 is 23.6 Å². The molecule has 1 saturated heterocycles. The van der Waals surface area contributed by atoms with Gasteiger partial charge in [-0.05, 0) is 6.07 Å². The summed E-state index contributed by atoms with van der Waals surface area (Å²) in [5.41, 5.74) is 2.11. The van der Waals surface area contributed by atoms with E-state index in [1.807, 2.05) is 30.3 Å². The topological polar surface area (TPSA) is 75.3 Å². The first-order valence-electron chi connectivity index (χ1n) is 7.28. The lowest BCUT2D eigenvalue weighted by Gasteiger charge is -2.30. The molecule has 1 aromatic heterocycles. The molecule has 1 fully saturated rings. The molecule has 0 saturated carbocycles. The van der Waals surface area contributed by atoms with Crippen LogP contribution in [-0.4, -0.2) is 58.2 Å². The van der Waals surface area contributed by atoms with E-state index in [2.05, 4.69) is 10.2 Å². The van der Waals surface area contributed by atoms with Crippen LogP contribution in [0, 0.1) is 0 Å². The van der Waals surface area contributed by atoms with Gasteiger partial charge in [0.15, 0.2) is 0 Å². The number of carbonyl (C=O) groups is 2. The number of hydrogen-bond acceptors (Lipinski definition) is 5. The van der Waals surface area contributed by atoms with Gasteiger partial charge in [-0.2, -0.15) is 5.10 Å². The highest BCUT2D eigenvalue weighted by Gasteiger charge is 2.30. The number of carbonyl (C=O) groups excluding carboxylic acids is 2. The average Bonchev–Trinajstić information content (AvgIpc) is 3.11. The number of benzene rings is 1. The molecule has 1 N–H and O–H groups in total. The third kappa shape index (κ3) is 3.39. The van der Waals surface area contributed by atoms with Crippen molar-refractivity contribution in [3.63, 3.8) is 0 Å². The first-order valence-corrected chi connectivity index (χ1v) is 8.33. The van der Waals surface area contributed by atoms with Gasteiger partial charge in [-0.25, -0.2) is 0 Å². The monoisotopic (exact) mass is 331 g/mol. The normalized spacial score (nSPS) is 17.8. The van der Waals surface area contributed by atoms with E-state index in [0.29, 0.717) is 24.5 Å². The van der Waals surface area contributed by atoms with Gasteiger partial charge < -0.3 is 9.64 Å². The molecule has 1 amide bonds. The second kappa shape index (κ2) is 6.87. The van der Waals surface area contributed by atoms with Crippen LogP contribution >= 0.6 is 11.8 Å². The standard InChI is InChI=1S/C16H17N3O3S/c1-22-16(21)14-10-19(7-8-23-14)15(20)13-9-12(17-18-13)11-5-3-2-4-6-11/h2-6,9,14H,7-8,10H2,1H3,(H,17,18)/t14-/m1/s1. The van der Waals surface area contributed by atoms with Crippen molar-refractivity contribution in [2.24, 2.45) is 0 Å². The first kappa shape index (κ1) is 15.6. The lowest BCUT2D eigenvalue weighted by Crippen LogP contribution is -2.45. The third-order valence-corrected chi connectivity index (χ3v) is 4.86. The number of amides is 1. The van der Waals surface area contributed by atoms with Crippen molar-refractivity contribution in [3.8, 4) is 11.3 Å². The second-order valence-electron chi connectivity index (χ2n) is 5.17. The number of hydrogen-bond donors (Lipinski definition) is 1. The number of methoxy groups -OCH3 is 1. The molecule has 23 heavy (non-hydrogen) atoms. The summed E-state index contributed by atoms with van der Waals surface area (Å²) in [6.45, 7) is 0.965. The summed E-state index contributed by atoms with van der Waals surface area (Å²) >= 11 is 1.52. The minimum Gasteiger partial charge on any atom is -0.468 e. The fourth-order valence-electron chi connectivity index (χ4n) is 2.47. The smallest absolute Gasteiger partial charge is 0.320 e. The second-order valence-corrected chi connectivity index (χ2v) is 6.48. The maximum Gasteiger partial charge on any atom is 0.320 e. The first-order chi connectivity index (χ1) is 11.2. The van der Waals surface area contributed by atoms with Crippen LogP contribution in [0.2, 0.25) is 0 Å². The third-order valence-electron chi connectivity index (χ3n) is 3.70. The molecule has 0 spiro atoms. The zero-order chi connectivity index (χ0) is 16.2. The van der Waals surface area contributed by atoms with Crippen LogP contribution in [0.5, 0.6) is 0 Å². The molecular weight excluding hydrogens is 314 g/mol. The molecule has 1 aliphatic rings. The van der Waals surface area contributed by atoms with E-state index in [0.717, 1.165) is 11.3 Å². The average molecular weight is 331 g/mol. The van der Waals surface area contributed by atoms with Gasteiger partial charge in [-0.1, -0.05) is 30.3 Å². The molecule has 0 radical (unpaired) electrons. The number of thioether (sulfide) groups is 1. The summed E-state index contributed by atoms with van der Waals surface area (Å²) in [5, 5.41) is 6.67. The van der Waals surface area contributed by atoms with E-state index in [1.165, 1.54) is 18.9 Å². The van der Waals surface area contributed by atoms with Crippen molar-refractivity contribution in [2.75, 3.05) is 26.0 Å². The highest BCUT2D eigenvalue weighted by Crippen LogP contribution is 2.22. The molecule has 2 aromatic rings. The number of aromatic nitrogens is 2. The summed E-state index contributed by atoms with van der Waals surface area (Å²) < 4.78 is 4.77. The van der Waals surface area contributed by atoms with Gasteiger partial charge in [0.25, 0.3) is 5.91 Å². The van der Waals surface area contributed by atoms with Crippen LogP contribution in [-0.2, 0) is 9.53 Å². The Morgan fingerprint density at radius 2 is 2.13 bits per heavy atom. The zero-order valence-corrected chi connectivity index (χ0v) is 13.5. The summed E-state index contributed by atoms with van der Waals surface area (Å²) in [4.78, 5) is 25.9. The van der Waals surface area contributed by atoms with Crippen LogP contribution in [0.4, 0.5) is 0 Å². The zero-order valence-electron chi connectivity index (χ0n) is 12.7. The van der Waals surface area contributed by atoms with Crippen molar-refractivity contribution < 1.29 is 14.3 Å². The van der Waals surface area contributed by atoms with Gasteiger partial charge in [0.1, 0.15) is 10.9 Å². The van der Waals surface area contributed by atoms with Crippen molar-refractivity contribution in [3.05, 3.63) is 42.1 Å². The van der Waals surface area contributed by atoms with Gasteiger partial charge in [-0.15, -0.1) is 11.8 Å². The number of nitrogens with one attached hydrogen (secondary N) is 1. The highest BCUT2D eigenvalue weighted by atomic mass is 32.2. The maximum atomic E-state index is 12.6. The van der Waals surface area contributed by atoms with Crippen molar-refractivity contribution in [1.29, 1.82) is 0 Å². The van der Waals surface area contributed by atoms with E-state index < -0.39 is 0 Å². The van der Waals surface area contributed by atoms with Gasteiger partial charge in [0.2, 0.25) is 0 Å². The molecule has 7 heteroatoms.